The van der Waals surface area contributed by atoms with Crippen LogP contribution >= 0.6 is 11.6 Å². The molecule has 1 aliphatic carbocycles. The SMILES string of the molecule is C=C(NC1CCC1)c1cnc(Nc2cccc(Cl)c2)nc1C(F)(F)F. The lowest BCUT2D eigenvalue weighted by atomic mass is 9.92. The van der Waals surface area contributed by atoms with Crippen LogP contribution in [0.15, 0.2) is 37.0 Å². The Kier molecular flexibility index (Phi) is 4.85. The van der Waals surface area contributed by atoms with Gasteiger partial charge in [-0.1, -0.05) is 24.2 Å². The molecule has 3 rings (SSSR count). The van der Waals surface area contributed by atoms with Crippen molar-refractivity contribution in [2.24, 2.45) is 0 Å². The third-order valence-electron chi connectivity index (χ3n) is 3.95. The summed E-state index contributed by atoms with van der Waals surface area (Å²) >= 11 is 5.87. The summed E-state index contributed by atoms with van der Waals surface area (Å²) in [6.07, 6.45) is -0.564. The predicted molar refractivity (Wildman–Crippen MR) is 91.6 cm³/mol. The fraction of sp³-hybridized carbons (Fsp3) is 0.294. The van der Waals surface area contributed by atoms with Crippen molar-refractivity contribution >= 4 is 28.9 Å². The Balaban J connectivity index is 1.88. The summed E-state index contributed by atoms with van der Waals surface area (Å²) in [5.74, 6) is -0.158. The topological polar surface area (TPSA) is 49.8 Å². The molecule has 1 aromatic heterocycles. The van der Waals surface area contributed by atoms with Gasteiger partial charge in [0.25, 0.3) is 0 Å². The number of alkyl halides is 3. The zero-order valence-electron chi connectivity index (χ0n) is 13.2. The largest absolute Gasteiger partial charge is 0.434 e. The number of rotatable bonds is 5. The third-order valence-corrected chi connectivity index (χ3v) is 4.18. The van der Waals surface area contributed by atoms with E-state index in [1.807, 2.05) is 0 Å². The van der Waals surface area contributed by atoms with Gasteiger partial charge >= 0.3 is 6.18 Å². The molecule has 132 valence electrons. The van der Waals surface area contributed by atoms with Gasteiger partial charge in [0.05, 0.1) is 0 Å². The van der Waals surface area contributed by atoms with Crippen LogP contribution in [0, 0.1) is 0 Å². The summed E-state index contributed by atoms with van der Waals surface area (Å²) in [7, 11) is 0. The second-order valence-electron chi connectivity index (χ2n) is 5.84. The van der Waals surface area contributed by atoms with E-state index in [1.54, 1.807) is 24.3 Å². The van der Waals surface area contributed by atoms with E-state index in [-0.39, 0.29) is 23.3 Å². The Bertz CT molecular complexity index is 788. The van der Waals surface area contributed by atoms with Crippen molar-refractivity contribution in [1.29, 1.82) is 0 Å². The molecule has 0 unspecified atom stereocenters. The number of benzene rings is 1. The van der Waals surface area contributed by atoms with Gasteiger partial charge in [0.15, 0.2) is 5.69 Å². The number of halogens is 4. The van der Waals surface area contributed by atoms with Crippen LogP contribution in [0.2, 0.25) is 5.02 Å². The van der Waals surface area contributed by atoms with Crippen molar-refractivity contribution in [1.82, 2.24) is 15.3 Å². The summed E-state index contributed by atoms with van der Waals surface area (Å²) in [5, 5.41) is 6.19. The van der Waals surface area contributed by atoms with Gasteiger partial charge in [-0.2, -0.15) is 13.2 Å². The molecule has 0 radical (unpaired) electrons. The average Bonchev–Trinajstić information content (AvgIpc) is 2.50. The molecule has 2 N–H and O–H groups in total. The highest BCUT2D eigenvalue weighted by Crippen LogP contribution is 2.34. The summed E-state index contributed by atoms with van der Waals surface area (Å²) < 4.78 is 40.3. The highest BCUT2D eigenvalue weighted by molar-refractivity contribution is 6.30. The zero-order valence-corrected chi connectivity index (χ0v) is 14.0. The first-order valence-electron chi connectivity index (χ1n) is 7.75. The highest BCUT2D eigenvalue weighted by atomic mass is 35.5. The van der Waals surface area contributed by atoms with Crippen LogP contribution in [0.3, 0.4) is 0 Å². The molecule has 1 saturated carbocycles. The van der Waals surface area contributed by atoms with Gasteiger partial charge in [-0.3, -0.25) is 0 Å². The second kappa shape index (κ2) is 6.92. The molecule has 2 aromatic rings. The summed E-state index contributed by atoms with van der Waals surface area (Å²) in [6.45, 7) is 3.72. The van der Waals surface area contributed by atoms with Gasteiger partial charge in [-0.15, -0.1) is 0 Å². The van der Waals surface area contributed by atoms with Crippen LogP contribution in [-0.4, -0.2) is 16.0 Å². The smallest absolute Gasteiger partial charge is 0.382 e. The molecular formula is C17H16ClF3N4. The molecule has 25 heavy (non-hydrogen) atoms. The molecule has 1 aromatic carbocycles. The molecular weight excluding hydrogens is 353 g/mol. The van der Waals surface area contributed by atoms with Gasteiger partial charge < -0.3 is 10.6 Å². The minimum absolute atomic E-state index is 0.143. The van der Waals surface area contributed by atoms with Gasteiger partial charge in [0.1, 0.15) is 0 Å². The molecule has 1 fully saturated rings. The highest BCUT2D eigenvalue weighted by Gasteiger charge is 2.37. The third kappa shape index (κ3) is 4.22. The van der Waals surface area contributed by atoms with E-state index in [4.69, 9.17) is 11.6 Å². The van der Waals surface area contributed by atoms with Crippen LogP contribution in [0.25, 0.3) is 5.70 Å². The fourth-order valence-corrected chi connectivity index (χ4v) is 2.64. The van der Waals surface area contributed by atoms with Gasteiger partial charge in [-0.05, 0) is 37.5 Å². The number of aromatic nitrogens is 2. The Morgan fingerprint density at radius 3 is 2.64 bits per heavy atom. The lowest BCUT2D eigenvalue weighted by molar-refractivity contribution is -0.141. The fourth-order valence-electron chi connectivity index (χ4n) is 2.45. The number of nitrogens with one attached hydrogen (secondary N) is 2. The van der Waals surface area contributed by atoms with E-state index in [0.717, 1.165) is 25.5 Å². The van der Waals surface area contributed by atoms with E-state index >= 15 is 0 Å². The van der Waals surface area contributed by atoms with E-state index < -0.39 is 11.9 Å². The first kappa shape index (κ1) is 17.5. The van der Waals surface area contributed by atoms with Crippen molar-refractivity contribution < 1.29 is 13.2 Å². The minimum Gasteiger partial charge on any atom is -0.382 e. The molecule has 0 saturated heterocycles. The predicted octanol–water partition coefficient (Wildman–Crippen LogP) is 5.01. The summed E-state index contributed by atoms with van der Waals surface area (Å²) in [4.78, 5) is 7.63. The maximum atomic E-state index is 13.4. The van der Waals surface area contributed by atoms with Crippen LogP contribution in [0.5, 0.6) is 0 Å². The molecule has 0 bridgehead atoms. The van der Waals surface area contributed by atoms with Crippen LogP contribution < -0.4 is 10.6 Å². The number of hydrogen-bond acceptors (Lipinski definition) is 4. The van der Waals surface area contributed by atoms with E-state index in [0.29, 0.717) is 10.7 Å². The summed E-state index contributed by atoms with van der Waals surface area (Å²) in [5.41, 5.74) is -0.481. The maximum absolute atomic E-state index is 13.4. The first-order valence-corrected chi connectivity index (χ1v) is 8.13. The standard InChI is InChI=1S/C17H16ClF3N4/c1-10(23-12-5-3-6-12)14-9-22-16(25-15(14)17(19,20)21)24-13-7-2-4-11(18)8-13/h2,4,7-9,12,23H,1,3,5-6H2,(H,22,24,25). The normalized spacial score (nSPS) is 14.7. The molecule has 1 heterocycles. The summed E-state index contributed by atoms with van der Waals surface area (Å²) in [6, 6.07) is 6.73. The maximum Gasteiger partial charge on any atom is 0.434 e. The molecule has 0 atom stereocenters. The number of nitrogens with zero attached hydrogens (tertiary/aromatic N) is 2. The van der Waals surface area contributed by atoms with E-state index in [2.05, 4.69) is 27.2 Å². The van der Waals surface area contributed by atoms with E-state index in [1.165, 1.54) is 0 Å². The van der Waals surface area contributed by atoms with E-state index in [9.17, 15) is 13.2 Å². The lowest BCUT2D eigenvalue weighted by Gasteiger charge is -2.29. The monoisotopic (exact) mass is 368 g/mol. The molecule has 0 amide bonds. The minimum atomic E-state index is -4.62. The van der Waals surface area contributed by atoms with Gasteiger partial charge in [0, 0.05) is 34.2 Å². The van der Waals surface area contributed by atoms with Crippen LogP contribution in [0.4, 0.5) is 24.8 Å². The van der Waals surface area contributed by atoms with Crippen molar-refractivity contribution in [2.45, 2.75) is 31.5 Å². The van der Waals surface area contributed by atoms with Crippen LogP contribution in [0.1, 0.15) is 30.5 Å². The molecule has 1 aliphatic rings. The van der Waals surface area contributed by atoms with Crippen molar-refractivity contribution in [3.63, 3.8) is 0 Å². The van der Waals surface area contributed by atoms with Gasteiger partial charge in [0.2, 0.25) is 5.95 Å². The molecule has 4 nitrogen and oxygen atoms in total. The quantitative estimate of drug-likeness (QED) is 0.779. The molecule has 0 aliphatic heterocycles. The number of hydrogen-bond donors (Lipinski definition) is 2. The average molecular weight is 369 g/mol. The van der Waals surface area contributed by atoms with Crippen molar-refractivity contribution in [2.75, 3.05) is 5.32 Å². The van der Waals surface area contributed by atoms with Gasteiger partial charge in [-0.25, -0.2) is 9.97 Å². The second-order valence-corrected chi connectivity index (χ2v) is 6.28. The Hall–Kier alpha value is -2.28. The molecule has 8 heteroatoms. The van der Waals surface area contributed by atoms with Crippen molar-refractivity contribution in [3.8, 4) is 0 Å². The lowest BCUT2D eigenvalue weighted by Crippen LogP contribution is -2.34. The zero-order chi connectivity index (χ0) is 18.0. The Morgan fingerprint density at radius 1 is 1.28 bits per heavy atom. The van der Waals surface area contributed by atoms with Crippen molar-refractivity contribution in [3.05, 3.63) is 53.3 Å². The number of anilines is 2. The Labute approximate surface area is 148 Å². The first-order chi connectivity index (χ1) is 11.8. The Morgan fingerprint density at radius 2 is 2.04 bits per heavy atom. The molecule has 0 spiro atoms. The van der Waals surface area contributed by atoms with Crippen LogP contribution in [-0.2, 0) is 6.18 Å².